The van der Waals surface area contributed by atoms with E-state index in [2.05, 4.69) is 31.9 Å². The summed E-state index contributed by atoms with van der Waals surface area (Å²) >= 11 is 1.28. The molecule has 1 saturated carbocycles. The van der Waals surface area contributed by atoms with E-state index in [-0.39, 0.29) is 11.5 Å². The number of aromatic nitrogens is 5. The van der Waals surface area contributed by atoms with Crippen LogP contribution in [0.5, 0.6) is 0 Å². The van der Waals surface area contributed by atoms with Crippen LogP contribution in [0.3, 0.4) is 0 Å². The number of hydrogen-bond donors (Lipinski definition) is 2. The molecule has 1 saturated heterocycles. The van der Waals surface area contributed by atoms with Crippen LogP contribution in [0.25, 0.3) is 5.82 Å². The SMILES string of the molecule is N#Cc1cc(NC(=O)c2snc(C3CCNCC3)c2C2CC2)cnc1-n1nccn1. The summed E-state index contributed by atoms with van der Waals surface area (Å²) in [5.41, 5.74) is 3.00. The Morgan fingerprint density at radius 1 is 1.20 bits per heavy atom. The third kappa shape index (κ3) is 3.58. The number of piperidine rings is 1. The predicted octanol–water partition coefficient (Wildman–Crippen LogP) is 2.59. The van der Waals surface area contributed by atoms with Crippen molar-refractivity contribution in [3.8, 4) is 11.9 Å². The van der Waals surface area contributed by atoms with Crippen molar-refractivity contribution in [2.75, 3.05) is 18.4 Å². The maximum absolute atomic E-state index is 13.1. The van der Waals surface area contributed by atoms with Crippen molar-refractivity contribution in [1.82, 2.24) is 29.7 Å². The predicted molar refractivity (Wildman–Crippen MR) is 111 cm³/mol. The van der Waals surface area contributed by atoms with Crippen LogP contribution in [0.2, 0.25) is 0 Å². The Bertz CT molecular complexity index is 1110. The summed E-state index contributed by atoms with van der Waals surface area (Å²) in [6, 6.07) is 3.69. The number of pyridine rings is 1. The number of nitrogens with one attached hydrogen (secondary N) is 2. The molecule has 1 amide bonds. The lowest BCUT2D eigenvalue weighted by molar-refractivity contribution is 0.102. The molecule has 2 fully saturated rings. The average molecular weight is 421 g/mol. The standard InChI is InChI=1S/C20H20N8OS/c21-10-14-9-15(11-23-19(14)28-24-7-8-25-28)26-20(29)18-16(12-1-2-12)17(27-30-18)13-3-5-22-6-4-13/h7-9,11-13,22H,1-6H2,(H,26,29). The molecule has 0 aromatic carbocycles. The Morgan fingerprint density at radius 3 is 2.67 bits per heavy atom. The van der Waals surface area contributed by atoms with E-state index in [1.54, 1.807) is 6.07 Å². The Hall–Kier alpha value is -3.16. The minimum atomic E-state index is -0.190. The lowest BCUT2D eigenvalue weighted by Gasteiger charge is -2.22. The monoisotopic (exact) mass is 420 g/mol. The molecule has 4 heterocycles. The minimum Gasteiger partial charge on any atom is -0.320 e. The molecule has 3 aromatic heterocycles. The van der Waals surface area contributed by atoms with E-state index in [1.165, 1.54) is 34.9 Å². The Balaban J connectivity index is 1.41. The van der Waals surface area contributed by atoms with Crippen LogP contribution in [0, 0.1) is 11.3 Å². The Morgan fingerprint density at radius 2 is 1.97 bits per heavy atom. The molecule has 1 aliphatic carbocycles. The Kier molecular flexibility index (Phi) is 4.98. The number of carbonyl (C=O) groups excluding carboxylic acids is 1. The second-order valence-corrected chi connectivity index (χ2v) is 8.36. The third-order valence-electron chi connectivity index (χ3n) is 5.53. The summed E-state index contributed by atoms with van der Waals surface area (Å²) in [5, 5.41) is 23.8. The zero-order valence-corrected chi connectivity index (χ0v) is 17.0. The van der Waals surface area contributed by atoms with Crippen LogP contribution in [-0.2, 0) is 0 Å². The van der Waals surface area contributed by atoms with Gasteiger partial charge in [0.05, 0.1) is 30.0 Å². The van der Waals surface area contributed by atoms with Crippen molar-refractivity contribution in [3.63, 3.8) is 0 Å². The van der Waals surface area contributed by atoms with Gasteiger partial charge in [-0.15, -0.1) is 4.80 Å². The second-order valence-electron chi connectivity index (χ2n) is 7.59. The fourth-order valence-electron chi connectivity index (χ4n) is 3.91. The summed E-state index contributed by atoms with van der Waals surface area (Å²) < 4.78 is 4.71. The highest BCUT2D eigenvalue weighted by Gasteiger charge is 2.36. The first-order valence-electron chi connectivity index (χ1n) is 10.0. The number of hydrogen-bond acceptors (Lipinski definition) is 8. The molecule has 1 aliphatic heterocycles. The van der Waals surface area contributed by atoms with Gasteiger partial charge in [0.15, 0.2) is 5.82 Å². The zero-order chi connectivity index (χ0) is 20.5. The maximum Gasteiger partial charge on any atom is 0.267 e. The van der Waals surface area contributed by atoms with Crippen LogP contribution in [0.1, 0.15) is 64.0 Å². The van der Waals surface area contributed by atoms with E-state index in [9.17, 15) is 10.1 Å². The van der Waals surface area contributed by atoms with Gasteiger partial charge in [-0.1, -0.05) is 0 Å². The van der Waals surface area contributed by atoms with Crippen molar-refractivity contribution < 1.29 is 4.79 Å². The van der Waals surface area contributed by atoms with Crippen LogP contribution >= 0.6 is 11.5 Å². The molecule has 0 unspecified atom stereocenters. The van der Waals surface area contributed by atoms with Crippen molar-refractivity contribution in [2.24, 2.45) is 0 Å². The van der Waals surface area contributed by atoms with Crippen molar-refractivity contribution in [3.05, 3.63) is 46.4 Å². The normalized spacial score (nSPS) is 16.9. The van der Waals surface area contributed by atoms with Crippen LogP contribution in [0.4, 0.5) is 5.69 Å². The lowest BCUT2D eigenvalue weighted by atomic mass is 9.90. The largest absolute Gasteiger partial charge is 0.320 e. The first-order valence-corrected chi connectivity index (χ1v) is 10.8. The molecule has 152 valence electrons. The molecule has 10 heteroatoms. The minimum absolute atomic E-state index is 0.190. The Labute approximate surface area is 177 Å². The second kappa shape index (κ2) is 7.93. The molecule has 0 bridgehead atoms. The number of rotatable bonds is 5. The van der Waals surface area contributed by atoms with Crippen molar-refractivity contribution in [1.29, 1.82) is 5.26 Å². The van der Waals surface area contributed by atoms with Crippen molar-refractivity contribution in [2.45, 2.75) is 37.5 Å². The zero-order valence-electron chi connectivity index (χ0n) is 16.2. The average Bonchev–Trinajstić information content (AvgIpc) is 3.28. The molecular weight excluding hydrogens is 400 g/mol. The third-order valence-corrected chi connectivity index (χ3v) is 6.40. The van der Waals surface area contributed by atoms with E-state index < -0.39 is 0 Å². The fourth-order valence-corrected chi connectivity index (χ4v) is 4.85. The molecule has 5 rings (SSSR count). The van der Waals surface area contributed by atoms with Gasteiger partial charge in [0.2, 0.25) is 0 Å². The molecule has 0 radical (unpaired) electrons. The van der Waals surface area contributed by atoms with E-state index in [1.807, 2.05) is 0 Å². The maximum atomic E-state index is 13.1. The van der Waals surface area contributed by atoms with Gasteiger partial charge in [0.1, 0.15) is 16.5 Å². The van der Waals surface area contributed by atoms with Gasteiger partial charge in [-0.2, -0.15) is 19.8 Å². The molecule has 2 N–H and O–H groups in total. The van der Waals surface area contributed by atoms with Gasteiger partial charge >= 0.3 is 0 Å². The van der Waals surface area contributed by atoms with Gasteiger partial charge in [0, 0.05) is 11.5 Å². The molecular formula is C20H20N8OS. The van der Waals surface area contributed by atoms with Gasteiger partial charge in [0.25, 0.3) is 5.91 Å². The van der Waals surface area contributed by atoms with E-state index >= 15 is 0 Å². The number of nitriles is 1. The lowest BCUT2D eigenvalue weighted by Crippen LogP contribution is -2.27. The fraction of sp³-hybridized carbons (Fsp3) is 0.400. The van der Waals surface area contributed by atoms with Gasteiger partial charge in [-0.25, -0.2) is 4.98 Å². The highest BCUT2D eigenvalue weighted by Crippen LogP contribution is 2.47. The summed E-state index contributed by atoms with van der Waals surface area (Å²) in [7, 11) is 0. The number of nitrogens with zero attached hydrogens (tertiary/aromatic N) is 6. The summed E-state index contributed by atoms with van der Waals surface area (Å²) in [4.78, 5) is 19.3. The topological polar surface area (TPSA) is 121 Å². The van der Waals surface area contributed by atoms with E-state index in [0.717, 1.165) is 50.0 Å². The molecule has 2 aliphatic rings. The first-order chi connectivity index (χ1) is 14.7. The number of amides is 1. The van der Waals surface area contributed by atoms with Crippen LogP contribution in [-0.4, -0.2) is 43.3 Å². The number of anilines is 1. The van der Waals surface area contributed by atoms with Crippen LogP contribution < -0.4 is 10.6 Å². The summed E-state index contributed by atoms with van der Waals surface area (Å²) in [6.07, 6.45) is 8.89. The van der Waals surface area contributed by atoms with Crippen LogP contribution in [0.15, 0.2) is 24.7 Å². The molecule has 0 spiro atoms. The highest BCUT2D eigenvalue weighted by molar-refractivity contribution is 7.08. The molecule has 9 nitrogen and oxygen atoms in total. The first kappa shape index (κ1) is 18.8. The quantitative estimate of drug-likeness (QED) is 0.650. The molecule has 0 atom stereocenters. The molecule has 3 aromatic rings. The number of carbonyl (C=O) groups is 1. The summed E-state index contributed by atoms with van der Waals surface area (Å²) in [6.45, 7) is 1.99. The van der Waals surface area contributed by atoms with Gasteiger partial charge in [-0.05, 0) is 62.3 Å². The molecule has 30 heavy (non-hydrogen) atoms. The van der Waals surface area contributed by atoms with E-state index in [0.29, 0.717) is 28.2 Å². The summed E-state index contributed by atoms with van der Waals surface area (Å²) in [5.74, 6) is 0.998. The van der Waals surface area contributed by atoms with E-state index in [4.69, 9.17) is 4.37 Å². The van der Waals surface area contributed by atoms with Gasteiger partial charge in [-0.3, -0.25) is 4.79 Å². The van der Waals surface area contributed by atoms with Gasteiger partial charge < -0.3 is 10.6 Å². The van der Waals surface area contributed by atoms with Crippen molar-refractivity contribution >= 4 is 23.1 Å². The smallest absolute Gasteiger partial charge is 0.267 e. The highest BCUT2D eigenvalue weighted by atomic mass is 32.1.